The van der Waals surface area contributed by atoms with Crippen LogP contribution >= 0.6 is 0 Å². The Bertz CT molecular complexity index is 1330. The van der Waals surface area contributed by atoms with Crippen LogP contribution < -0.4 is 14.4 Å². The minimum absolute atomic E-state index is 0.168. The van der Waals surface area contributed by atoms with Crippen LogP contribution in [0.5, 0.6) is 11.5 Å². The van der Waals surface area contributed by atoms with E-state index in [1.807, 2.05) is 24.3 Å². The van der Waals surface area contributed by atoms with E-state index in [0.717, 1.165) is 24.3 Å². The number of fused-ring (bicyclic) bond motifs is 1. The smallest absolute Gasteiger partial charge is 0.263 e. The molecule has 2 aliphatic heterocycles. The number of benzene rings is 3. The SMILES string of the molecule is COc1ccc(CN2C(=O)c3cccc(N4C[C@@H](C)N(C(C)c5ccccc5)[C@@H](C)C4)c3C2=O)cc1OC. The van der Waals surface area contributed by atoms with Crippen molar-refractivity contribution in [2.75, 3.05) is 32.2 Å². The summed E-state index contributed by atoms with van der Waals surface area (Å²) >= 11 is 0. The third kappa shape index (κ3) is 4.52. The topological polar surface area (TPSA) is 62.3 Å². The molecule has 5 rings (SSSR count). The van der Waals surface area contributed by atoms with Gasteiger partial charge in [0, 0.05) is 31.2 Å². The van der Waals surface area contributed by atoms with Gasteiger partial charge in [-0.15, -0.1) is 0 Å². The Morgan fingerprint density at radius 1 is 0.842 bits per heavy atom. The highest BCUT2D eigenvalue weighted by atomic mass is 16.5. The van der Waals surface area contributed by atoms with Crippen LogP contribution in [0.25, 0.3) is 0 Å². The van der Waals surface area contributed by atoms with E-state index in [1.54, 1.807) is 32.4 Å². The van der Waals surface area contributed by atoms with Crippen molar-refractivity contribution < 1.29 is 19.1 Å². The van der Waals surface area contributed by atoms with Crippen LogP contribution in [-0.2, 0) is 6.54 Å². The lowest BCUT2D eigenvalue weighted by Gasteiger charge is -2.48. The number of piperazine rings is 1. The minimum atomic E-state index is -0.265. The Morgan fingerprint density at radius 2 is 1.53 bits per heavy atom. The van der Waals surface area contributed by atoms with Gasteiger partial charge in [-0.25, -0.2) is 0 Å². The Labute approximate surface area is 224 Å². The number of carbonyl (C=O) groups is 2. The molecule has 3 atom stereocenters. The average Bonchev–Trinajstić information content (AvgIpc) is 3.17. The predicted octanol–water partition coefficient (Wildman–Crippen LogP) is 5.16. The molecule has 0 saturated carbocycles. The molecule has 0 aromatic heterocycles. The van der Waals surface area contributed by atoms with Gasteiger partial charge in [-0.1, -0.05) is 42.5 Å². The monoisotopic (exact) mass is 513 g/mol. The number of methoxy groups -OCH3 is 2. The van der Waals surface area contributed by atoms with Crippen molar-refractivity contribution in [2.45, 2.75) is 45.4 Å². The maximum Gasteiger partial charge on any atom is 0.263 e. The summed E-state index contributed by atoms with van der Waals surface area (Å²) in [7, 11) is 3.14. The molecule has 0 aliphatic carbocycles. The Balaban J connectivity index is 1.38. The highest BCUT2D eigenvalue weighted by Crippen LogP contribution is 2.37. The van der Waals surface area contributed by atoms with E-state index in [2.05, 4.69) is 54.8 Å². The summed E-state index contributed by atoms with van der Waals surface area (Å²) in [6.07, 6.45) is 0. The van der Waals surface area contributed by atoms with Gasteiger partial charge in [-0.2, -0.15) is 0 Å². The summed E-state index contributed by atoms with van der Waals surface area (Å²) in [4.78, 5) is 33.2. The fraction of sp³-hybridized carbons (Fsp3) is 0.355. The first-order valence-electron chi connectivity index (χ1n) is 13.1. The molecule has 0 bridgehead atoms. The maximum absolute atomic E-state index is 13.7. The summed E-state index contributed by atoms with van der Waals surface area (Å²) in [5, 5.41) is 0. The van der Waals surface area contributed by atoms with Gasteiger partial charge in [0.2, 0.25) is 0 Å². The normalized spacial score (nSPS) is 20.4. The Hall–Kier alpha value is -3.84. The molecule has 0 N–H and O–H groups in total. The second kappa shape index (κ2) is 10.5. The lowest BCUT2D eigenvalue weighted by Crippen LogP contribution is -2.57. The zero-order chi connectivity index (χ0) is 27.0. The zero-order valence-corrected chi connectivity index (χ0v) is 22.7. The van der Waals surface area contributed by atoms with Crippen molar-refractivity contribution in [3.8, 4) is 11.5 Å². The molecule has 2 heterocycles. The van der Waals surface area contributed by atoms with Crippen LogP contribution in [0.15, 0.2) is 66.7 Å². The molecule has 0 spiro atoms. The van der Waals surface area contributed by atoms with Crippen LogP contribution in [0, 0.1) is 0 Å². The number of imide groups is 1. The van der Waals surface area contributed by atoms with Crippen molar-refractivity contribution >= 4 is 17.5 Å². The van der Waals surface area contributed by atoms with Gasteiger partial charge in [-0.3, -0.25) is 19.4 Å². The van der Waals surface area contributed by atoms with E-state index in [-0.39, 0.29) is 36.5 Å². The number of ether oxygens (including phenoxy) is 2. The average molecular weight is 514 g/mol. The number of hydrogen-bond donors (Lipinski definition) is 0. The van der Waals surface area contributed by atoms with Crippen molar-refractivity contribution in [3.63, 3.8) is 0 Å². The fourth-order valence-corrected chi connectivity index (χ4v) is 6.08. The summed E-state index contributed by atoms with van der Waals surface area (Å²) in [6.45, 7) is 8.45. The lowest BCUT2D eigenvalue weighted by atomic mass is 9.98. The molecule has 7 nitrogen and oxygen atoms in total. The standard InChI is InChI=1S/C31H35N3O4/c1-20-17-32(18-21(2)34(20)22(3)24-10-7-6-8-11-24)26-13-9-12-25-29(26)31(36)33(30(25)35)19-23-14-15-27(37-4)28(16-23)38-5/h6-16,20-22H,17-19H2,1-5H3/t20-,21+,22?. The number of amides is 2. The van der Waals surface area contributed by atoms with Crippen LogP contribution in [0.1, 0.15) is 58.7 Å². The van der Waals surface area contributed by atoms with E-state index < -0.39 is 0 Å². The van der Waals surface area contributed by atoms with E-state index in [4.69, 9.17) is 9.47 Å². The van der Waals surface area contributed by atoms with Crippen molar-refractivity contribution in [1.82, 2.24) is 9.80 Å². The largest absolute Gasteiger partial charge is 0.493 e. The van der Waals surface area contributed by atoms with Crippen molar-refractivity contribution in [3.05, 3.63) is 89.0 Å². The van der Waals surface area contributed by atoms with Crippen molar-refractivity contribution in [1.29, 1.82) is 0 Å². The summed E-state index contributed by atoms with van der Waals surface area (Å²) in [6, 6.07) is 22.4. The summed E-state index contributed by atoms with van der Waals surface area (Å²) < 4.78 is 10.7. The first-order chi connectivity index (χ1) is 18.3. The molecular formula is C31H35N3O4. The van der Waals surface area contributed by atoms with Gasteiger partial charge < -0.3 is 14.4 Å². The number of anilines is 1. The number of rotatable bonds is 7. The Kier molecular flexibility index (Phi) is 7.13. The molecule has 2 amide bonds. The predicted molar refractivity (Wildman–Crippen MR) is 148 cm³/mol. The second-order valence-electron chi connectivity index (χ2n) is 10.2. The molecule has 3 aromatic carbocycles. The molecular weight excluding hydrogens is 478 g/mol. The third-order valence-electron chi connectivity index (χ3n) is 7.82. The van der Waals surface area contributed by atoms with Crippen LogP contribution in [0.3, 0.4) is 0 Å². The molecule has 2 aliphatic rings. The number of carbonyl (C=O) groups excluding carboxylic acids is 2. The number of hydrogen-bond acceptors (Lipinski definition) is 6. The first kappa shape index (κ1) is 25.8. The molecule has 1 unspecified atom stereocenters. The molecule has 198 valence electrons. The molecule has 38 heavy (non-hydrogen) atoms. The molecule has 1 saturated heterocycles. The molecule has 3 aromatic rings. The van der Waals surface area contributed by atoms with Gasteiger partial charge in [0.15, 0.2) is 11.5 Å². The second-order valence-corrected chi connectivity index (χ2v) is 10.2. The minimum Gasteiger partial charge on any atom is -0.493 e. The van der Waals surface area contributed by atoms with Gasteiger partial charge in [-0.05, 0) is 56.2 Å². The van der Waals surface area contributed by atoms with E-state index in [9.17, 15) is 9.59 Å². The van der Waals surface area contributed by atoms with Gasteiger partial charge in [0.25, 0.3) is 11.8 Å². The fourth-order valence-electron chi connectivity index (χ4n) is 6.08. The van der Waals surface area contributed by atoms with E-state index in [0.29, 0.717) is 22.6 Å². The Morgan fingerprint density at radius 3 is 2.18 bits per heavy atom. The highest BCUT2D eigenvalue weighted by Gasteiger charge is 2.40. The third-order valence-corrected chi connectivity index (χ3v) is 7.82. The van der Waals surface area contributed by atoms with Gasteiger partial charge in [0.1, 0.15) is 0 Å². The van der Waals surface area contributed by atoms with Gasteiger partial charge in [0.05, 0.1) is 37.6 Å². The lowest BCUT2D eigenvalue weighted by molar-refractivity contribution is 0.0641. The molecule has 1 fully saturated rings. The highest BCUT2D eigenvalue weighted by molar-refractivity contribution is 6.23. The van der Waals surface area contributed by atoms with E-state index in [1.165, 1.54) is 10.5 Å². The first-order valence-corrected chi connectivity index (χ1v) is 13.1. The van der Waals surface area contributed by atoms with Crippen molar-refractivity contribution in [2.24, 2.45) is 0 Å². The van der Waals surface area contributed by atoms with Gasteiger partial charge >= 0.3 is 0 Å². The quantitative estimate of drug-likeness (QED) is 0.407. The van der Waals surface area contributed by atoms with Crippen LogP contribution in [0.4, 0.5) is 5.69 Å². The van der Waals surface area contributed by atoms with Crippen LogP contribution in [-0.4, -0.2) is 61.0 Å². The van der Waals surface area contributed by atoms with E-state index >= 15 is 0 Å². The maximum atomic E-state index is 13.7. The number of nitrogens with zero attached hydrogens (tertiary/aromatic N) is 3. The van der Waals surface area contributed by atoms with Crippen LogP contribution in [0.2, 0.25) is 0 Å². The molecule has 7 heteroatoms. The summed E-state index contributed by atoms with van der Waals surface area (Å²) in [5.41, 5.74) is 3.90. The molecule has 0 radical (unpaired) electrons. The summed E-state index contributed by atoms with van der Waals surface area (Å²) in [5.74, 6) is 0.646. The zero-order valence-electron chi connectivity index (χ0n) is 22.7.